The number of halogens is 2. The maximum atomic E-state index is 11.1. The SMILES string of the molecule is O=P(Cl)(Cl)Oc1ccc(OCc2ccccc2)cc1. The van der Waals surface area contributed by atoms with Crippen molar-refractivity contribution in [2.24, 2.45) is 0 Å². The summed E-state index contributed by atoms with van der Waals surface area (Å²) in [4.78, 5) is 0. The van der Waals surface area contributed by atoms with Gasteiger partial charge in [0.15, 0.2) is 0 Å². The van der Waals surface area contributed by atoms with Gasteiger partial charge in [-0.1, -0.05) is 30.3 Å². The highest BCUT2D eigenvalue weighted by Gasteiger charge is 2.15. The lowest BCUT2D eigenvalue weighted by Crippen LogP contribution is -1.94. The van der Waals surface area contributed by atoms with E-state index >= 15 is 0 Å². The number of ether oxygens (including phenoxy) is 1. The van der Waals surface area contributed by atoms with E-state index in [-0.39, 0.29) is 0 Å². The molecule has 6 heteroatoms. The molecule has 3 nitrogen and oxygen atoms in total. The van der Waals surface area contributed by atoms with Crippen molar-refractivity contribution in [1.82, 2.24) is 0 Å². The van der Waals surface area contributed by atoms with E-state index in [0.29, 0.717) is 18.1 Å². The standard InChI is InChI=1S/C13H11Cl2O3P/c14-19(15,16)18-13-8-6-12(7-9-13)17-10-11-4-2-1-3-5-11/h1-9H,10H2. The third-order valence-electron chi connectivity index (χ3n) is 2.28. The summed E-state index contributed by atoms with van der Waals surface area (Å²) in [6.07, 6.45) is -3.56. The zero-order chi connectivity index (χ0) is 13.7. The Morgan fingerprint density at radius 2 is 1.47 bits per heavy atom. The Bertz CT molecular complexity index is 566. The van der Waals surface area contributed by atoms with Crippen molar-refractivity contribution in [2.45, 2.75) is 6.61 Å². The predicted octanol–water partition coefficient (Wildman–Crippen LogP) is 5.23. The molecular formula is C13H11Cl2O3P. The molecule has 0 radical (unpaired) electrons. The maximum absolute atomic E-state index is 11.1. The zero-order valence-electron chi connectivity index (χ0n) is 9.83. The van der Waals surface area contributed by atoms with E-state index in [2.05, 4.69) is 0 Å². The van der Waals surface area contributed by atoms with Crippen molar-refractivity contribution in [3.8, 4) is 11.5 Å². The lowest BCUT2D eigenvalue weighted by atomic mass is 10.2. The van der Waals surface area contributed by atoms with Gasteiger partial charge in [0, 0.05) is 22.5 Å². The second-order valence-corrected chi connectivity index (χ2v) is 7.95. The van der Waals surface area contributed by atoms with E-state index in [1.165, 1.54) is 0 Å². The fourth-order valence-corrected chi connectivity index (χ4v) is 2.31. The van der Waals surface area contributed by atoms with Gasteiger partial charge in [-0.25, -0.2) is 4.57 Å². The topological polar surface area (TPSA) is 35.5 Å². The molecule has 0 saturated heterocycles. The van der Waals surface area contributed by atoms with Crippen molar-refractivity contribution < 1.29 is 13.8 Å². The molecule has 0 saturated carbocycles. The molecule has 0 aliphatic heterocycles. The quantitative estimate of drug-likeness (QED) is 0.708. The van der Waals surface area contributed by atoms with Gasteiger partial charge in [0.2, 0.25) is 0 Å². The third kappa shape index (κ3) is 5.15. The van der Waals surface area contributed by atoms with Gasteiger partial charge in [-0.15, -0.1) is 0 Å². The summed E-state index contributed by atoms with van der Waals surface area (Å²) in [6.45, 7) is 0.477. The van der Waals surface area contributed by atoms with Crippen LogP contribution in [-0.2, 0) is 11.2 Å². The zero-order valence-corrected chi connectivity index (χ0v) is 12.2. The molecule has 19 heavy (non-hydrogen) atoms. The molecule has 0 atom stereocenters. The lowest BCUT2D eigenvalue weighted by Gasteiger charge is -2.08. The first-order valence-electron chi connectivity index (χ1n) is 5.49. The Kier molecular flexibility index (Phi) is 4.76. The van der Waals surface area contributed by atoms with Crippen LogP contribution in [0.1, 0.15) is 5.56 Å². The summed E-state index contributed by atoms with van der Waals surface area (Å²) >= 11 is 10.6. The van der Waals surface area contributed by atoms with Crippen molar-refractivity contribution in [2.75, 3.05) is 0 Å². The summed E-state index contributed by atoms with van der Waals surface area (Å²) in [5, 5.41) is 0. The van der Waals surface area contributed by atoms with Gasteiger partial charge in [0.25, 0.3) is 0 Å². The Hall–Kier alpha value is -1.15. The summed E-state index contributed by atoms with van der Waals surface area (Å²) < 4.78 is 21.5. The van der Waals surface area contributed by atoms with Crippen LogP contribution in [0.15, 0.2) is 54.6 Å². The van der Waals surface area contributed by atoms with Gasteiger partial charge in [0.05, 0.1) is 0 Å². The Balaban J connectivity index is 1.94. The average molecular weight is 317 g/mol. The molecule has 100 valence electrons. The molecule has 2 aromatic rings. The summed E-state index contributed by atoms with van der Waals surface area (Å²) in [7, 11) is 0. The highest BCUT2D eigenvalue weighted by molar-refractivity contribution is 8.05. The van der Waals surface area contributed by atoms with Crippen molar-refractivity contribution in [3.05, 3.63) is 60.2 Å². The van der Waals surface area contributed by atoms with Gasteiger partial charge in [-0.05, 0) is 29.8 Å². The number of hydrogen-bond acceptors (Lipinski definition) is 3. The van der Waals surface area contributed by atoms with Crippen LogP contribution in [0.2, 0.25) is 0 Å². The minimum Gasteiger partial charge on any atom is -0.489 e. The summed E-state index contributed by atoms with van der Waals surface area (Å²) in [6, 6.07) is 16.4. The minimum absolute atomic E-state index is 0.334. The van der Waals surface area contributed by atoms with Gasteiger partial charge >= 0.3 is 6.07 Å². The van der Waals surface area contributed by atoms with Gasteiger partial charge in [-0.2, -0.15) is 0 Å². The molecule has 2 rings (SSSR count). The third-order valence-corrected chi connectivity index (χ3v) is 3.12. The Morgan fingerprint density at radius 1 is 0.895 bits per heavy atom. The van der Waals surface area contributed by atoms with Gasteiger partial charge in [-0.3, -0.25) is 0 Å². The number of rotatable bonds is 5. The molecule has 0 unspecified atom stereocenters. The second-order valence-electron chi connectivity index (χ2n) is 3.75. The van der Waals surface area contributed by atoms with Crippen LogP contribution in [0.25, 0.3) is 0 Å². The average Bonchev–Trinajstić information content (AvgIpc) is 2.37. The van der Waals surface area contributed by atoms with Gasteiger partial charge < -0.3 is 9.26 Å². The van der Waals surface area contributed by atoms with Crippen molar-refractivity contribution >= 4 is 28.6 Å². The number of hydrogen-bond donors (Lipinski definition) is 0. The molecule has 0 amide bonds. The second kappa shape index (κ2) is 6.33. The largest absolute Gasteiger partial charge is 0.489 e. The molecular weight excluding hydrogens is 306 g/mol. The van der Waals surface area contributed by atoms with Crippen molar-refractivity contribution in [3.63, 3.8) is 0 Å². The Labute approximate surface area is 121 Å². The fraction of sp³-hybridized carbons (Fsp3) is 0.0769. The molecule has 0 bridgehead atoms. The highest BCUT2D eigenvalue weighted by atomic mass is 35.9. The first kappa shape index (κ1) is 14.3. The molecule has 0 aromatic heterocycles. The Morgan fingerprint density at radius 3 is 2.05 bits per heavy atom. The van der Waals surface area contributed by atoms with E-state index in [1.807, 2.05) is 30.3 Å². The predicted molar refractivity (Wildman–Crippen MR) is 77.2 cm³/mol. The van der Waals surface area contributed by atoms with Gasteiger partial charge in [0.1, 0.15) is 18.1 Å². The first-order valence-corrected chi connectivity index (χ1v) is 8.92. The fourth-order valence-electron chi connectivity index (χ4n) is 1.46. The first-order chi connectivity index (χ1) is 9.03. The minimum atomic E-state index is -3.56. The normalized spacial score (nSPS) is 11.1. The van der Waals surface area contributed by atoms with E-state index in [1.54, 1.807) is 24.3 Å². The van der Waals surface area contributed by atoms with Crippen LogP contribution in [0.3, 0.4) is 0 Å². The van der Waals surface area contributed by atoms with Crippen LogP contribution < -0.4 is 9.26 Å². The van der Waals surface area contributed by atoms with Crippen LogP contribution in [0.4, 0.5) is 0 Å². The molecule has 0 N–H and O–H groups in total. The van der Waals surface area contributed by atoms with E-state index in [9.17, 15) is 4.57 Å². The molecule has 0 heterocycles. The van der Waals surface area contributed by atoms with Crippen LogP contribution in [0, 0.1) is 0 Å². The van der Waals surface area contributed by atoms with E-state index in [0.717, 1.165) is 5.56 Å². The lowest BCUT2D eigenvalue weighted by molar-refractivity contribution is 0.306. The smallest absolute Gasteiger partial charge is 0.428 e. The molecule has 0 aliphatic rings. The van der Waals surface area contributed by atoms with E-state index < -0.39 is 6.07 Å². The molecule has 0 aliphatic carbocycles. The van der Waals surface area contributed by atoms with Crippen LogP contribution in [0.5, 0.6) is 11.5 Å². The van der Waals surface area contributed by atoms with Crippen molar-refractivity contribution in [1.29, 1.82) is 0 Å². The molecule has 2 aromatic carbocycles. The highest BCUT2D eigenvalue weighted by Crippen LogP contribution is 2.57. The number of benzene rings is 2. The summed E-state index contributed by atoms with van der Waals surface area (Å²) in [5.74, 6) is 1.01. The summed E-state index contributed by atoms with van der Waals surface area (Å²) in [5.41, 5.74) is 1.08. The molecule has 0 fully saturated rings. The monoisotopic (exact) mass is 316 g/mol. The molecule has 0 spiro atoms. The maximum Gasteiger partial charge on any atom is 0.428 e. The van der Waals surface area contributed by atoms with Crippen LogP contribution in [-0.4, -0.2) is 0 Å². The van der Waals surface area contributed by atoms with E-state index in [4.69, 9.17) is 31.7 Å². The van der Waals surface area contributed by atoms with Crippen LogP contribution >= 0.6 is 28.6 Å².